The Morgan fingerprint density at radius 1 is 0.864 bits per heavy atom. The predicted octanol–water partition coefficient (Wildman–Crippen LogP) is 3.95. The van der Waals surface area contributed by atoms with E-state index in [0.29, 0.717) is 12.0 Å². The molecule has 1 rings (SSSR count). The third-order valence-corrected chi connectivity index (χ3v) is 5.07. The summed E-state index contributed by atoms with van der Waals surface area (Å²) in [6.45, 7) is 10.1. The van der Waals surface area contributed by atoms with Crippen molar-refractivity contribution in [3.05, 3.63) is 0 Å². The van der Waals surface area contributed by atoms with Gasteiger partial charge in [0, 0.05) is 17.1 Å². The summed E-state index contributed by atoms with van der Waals surface area (Å²) in [5.74, 6) is 0.663. The normalized spacial score (nSPS) is 22.6. The van der Waals surface area contributed by atoms with E-state index in [0.717, 1.165) is 6.54 Å². The molecule has 5 N–H and O–H groups in total. The number of nitrogens with two attached hydrogens (primary N) is 2. The number of hydrogen-bond acceptors (Lipinski definition) is 3. The molecule has 1 fully saturated rings. The zero-order valence-electron chi connectivity index (χ0n) is 15.6. The van der Waals surface area contributed by atoms with Gasteiger partial charge in [0.25, 0.3) is 0 Å². The second kappa shape index (κ2) is 9.24. The molecule has 0 spiro atoms. The summed E-state index contributed by atoms with van der Waals surface area (Å²) < 4.78 is 0. The number of rotatable bonds is 10. The van der Waals surface area contributed by atoms with Crippen LogP contribution in [0.25, 0.3) is 0 Å². The van der Waals surface area contributed by atoms with Crippen LogP contribution in [-0.2, 0) is 0 Å². The van der Waals surface area contributed by atoms with Crippen LogP contribution in [0, 0.1) is 5.92 Å². The van der Waals surface area contributed by atoms with Crippen molar-refractivity contribution < 1.29 is 0 Å². The minimum atomic E-state index is 0.215. The van der Waals surface area contributed by atoms with Crippen LogP contribution in [0.5, 0.6) is 0 Å². The van der Waals surface area contributed by atoms with Gasteiger partial charge in [0.15, 0.2) is 0 Å². The minimum absolute atomic E-state index is 0.215. The van der Waals surface area contributed by atoms with Crippen LogP contribution in [0.15, 0.2) is 0 Å². The Bertz CT molecular complexity index is 283. The van der Waals surface area contributed by atoms with Gasteiger partial charge in [-0.2, -0.15) is 0 Å². The molecule has 0 aromatic carbocycles. The molecule has 1 unspecified atom stereocenters. The van der Waals surface area contributed by atoms with Gasteiger partial charge in [-0.1, -0.05) is 38.5 Å². The molecule has 0 aromatic heterocycles. The van der Waals surface area contributed by atoms with Crippen LogP contribution in [0.2, 0.25) is 0 Å². The van der Waals surface area contributed by atoms with E-state index in [9.17, 15) is 0 Å². The van der Waals surface area contributed by atoms with Gasteiger partial charge in [-0.3, -0.25) is 0 Å². The van der Waals surface area contributed by atoms with Crippen molar-refractivity contribution in [2.45, 2.75) is 109 Å². The highest BCUT2D eigenvalue weighted by Gasteiger charge is 2.39. The number of hydrogen-bond donors (Lipinski definition) is 3. The van der Waals surface area contributed by atoms with Crippen molar-refractivity contribution in [3.63, 3.8) is 0 Å². The fourth-order valence-electron chi connectivity index (χ4n) is 4.35. The van der Waals surface area contributed by atoms with E-state index < -0.39 is 0 Å². The maximum Gasteiger partial charge on any atom is 0.0133 e. The Labute approximate surface area is 139 Å². The first-order valence-corrected chi connectivity index (χ1v) is 9.51. The van der Waals surface area contributed by atoms with Crippen LogP contribution in [0.1, 0.15) is 91.9 Å². The molecule has 3 heteroatoms. The molecule has 0 bridgehead atoms. The highest BCUT2D eigenvalue weighted by atomic mass is 15.1. The maximum absolute atomic E-state index is 6.53. The third-order valence-electron chi connectivity index (χ3n) is 5.07. The largest absolute Gasteiger partial charge is 0.330 e. The third kappa shape index (κ3) is 7.94. The fourth-order valence-corrected chi connectivity index (χ4v) is 4.35. The summed E-state index contributed by atoms with van der Waals surface area (Å²) in [4.78, 5) is 0. The number of piperidine rings is 1. The molecule has 0 aliphatic carbocycles. The van der Waals surface area contributed by atoms with Crippen LogP contribution in [0.4, 0.5) is 0 Å². The summed E-state index contributed by atoms with van der Waals surface area (Å²) in [6.07, 6.45) is 12.8. The van der Waals surface area contributed by atoms with Crippen LogP contribution >= 0.6 is 0 Å². The van der Waals surface area contributed by atoms with Gasteiger partial charge in [0.05, 0.1) is 0 Å². The molecule has 1 aliphatic heterocycles. The summed E-state index contributed by atoms with van der Waals surface area (Å²) in [6, 6.07) is 0.373. The van der Waals surface area contributed by atoms with Crippen molar-refractivity contribution in [1.29, 1.82) is 0 Å². The number of unbranched alkanes of at least 4 members (excludes halogenated alkanes) is 6. The van der Waals surface area contributed by atoms with E-state index in [2.05, 4.69) is 33.0 Å². The molecule has 1 aliphatic rings. The molecule has 0 amide bonds. The van der Waals surface area contributed by atoms with Gasteiger partial charge in [0.2, 0.25) is 0 Å². The van der Waals surface area contributed by atoms with Crippen LogP contribution in [-0.4, -0.2) is 23.7 Å². The first kappa shape index (κ1) is 19.9. The Morgan fingerprint density at radius 2 is 1.32 bits per heavy atom. The smallest absolute Gasteiger partial charge is 0.0133 e. The molecular weight excluding hydrogens is 270 g/mol. The molecule has 0 aromatic rings. The average molecular weight is 312 g/mol. The van der Waals surface area contributed by atoms with Gasteiger partial charge < -0.3 is 16.8 Å². The lowest BCUT2D eigenvalue weighted by Gasteiger charge is -2.48. The summed E-state index contributed by atoms with van der Waals surface area (Å²) in [5, 5.41) is 3.75. The van der Waals surface area contributed by atoms with Crippen molar-refractivity contribution in [2.24, 2.45) is 17.4 Å². The second-order valence-electron chi connectivity index (χ2n) is 8.78. The van der Waals surface area contributed by atoms with Crippen molar-refractivity contribution in [3.8, 4) is 0 Å². The van der Waals surface area contributed by atoms with Gasteiger partial charge in [0.1, 0.15) is 0 Å². The Balaban J connectivity index is 2.18. The van der Waals surface area contributed by atoms with E-state index in [4.69, 9.17) is 11.5 Å². The SMILES string of the molecule is CC1(C)CC(C(N)CCCCCCCCCN)CC(C)(C)N1. The fraction of sp³-hybridized carbons (Fsp3) is 1.00. The lowest BCUT2D eigenvalue weighted by atomic mass is 9.72. The van der Waals surface area contributed by atoms with E-state index in [1.807, 2.05) is 0 Å². The van der Waals surface area contributed by atoms with E-state index >= 15 is 0 Å². The number of nitrogens with one attached hydrogen (secondary N) is 1. The highest BCUT2D eigenvalue weighted by molar-refractivity contribution is 4.99. The molecule has 1 heterocycles. The molecule has 1 saturated heterocycles. The van der Waals surface area contributed by atoms with Crippen molar-refractivity contribution in [1.82, 2.24) is 5.32 Å². The van der Waals surface area contributed by atoms with Gasteiger partial charge in [-0.05, 0) is 65.8 Å². The lowest BCUT2D eigenvalue weighted by molar-refractivity contribution is 0.110. The van der Waals surface area contributed by atoms with Crippen molar-refractivity contribution in [2.75, 3.05) is 6.54 Å². The standard InChI is InChI=1S/C19H41N3/c1-18(2)14-16(15-19(3,4)22-18)17(21)12-10-8-6-5-7-9-11-13-20/h16-17,22H,5-15,20-21H2,1-4H3. The molecule has 22 heavy (non-hydrogen) atoms. The van der Waals surface area contributed by atoms with Gasteiger partial charge >= 0.3 is 0 Å². The lowest BCUT2D eigenvalue weighted by Crippen LogP contribution is -2.60. The first-order chi connectivity index (χ1) is 10.3. The quantitative estimate of drug-likeness (QED) is 0.535. The van der Waals surface area contributed by atoms with Gasteiger partial charge in [-0.25, -0.2) is 0 Å². The summed E-state index contributed by atoms with van der Waals surface area (Å²) in [5.41, 5.74) is 12.5. The molecule has 132 valence electrons. The monoisotopic (exact) mass is 311 g/mol. The molecule has 0 saturated carbocycles. The van der Waals surface area contributed by atoms with E-state index in [1.165, 1.54) is 64.2 Å². The average Bonchev–Trinajstić information content (AvgIpc) is 2.38. The molecular formula is C19H41N3. The molecule has 1 atom stereocenters. The Morgan fingerprint density at radius 3 is 1.82 bits per heavy atom. The summed E-state index contributed by atoms with van der Waals surface area (Å²) in [7, 11) is 0. The molecule has 0 radical (unpaired) electrons. The second-order valence-corrected chi connectivity index (χ2v) is 8.78. The van der Waals surface area contributed by atoms with E-state index in [1.54, 1.807) is 0 Å². The Hall–Kier alpha value is -0.120. The highest BCUT2D eigenvalue weighted by Crippen LogP contribution is 2.35. The van der Waals surface area contributed by atoms with Gasteiger partial charge in [-0.15, -0.1) is 0 Å². The molecule has 3 nitrogen and oxygen atoms in total. The first-order valence-electron chi connectivity index (χ1n) is 9.51. The Kier molecular flexibility index (Phi) is 8.37. The maximum atomic E-state index is 6.53. The minimum Gasteiger partial charge on any atom is -0.330 e. The zero-order chi connectivity index (χ0) is 16.6. The van der Waals surface area contributed by atoms with Crippen molar-refractivity contribution >= 4 is 0 Å². The zero-order valence-corrected chi connectivity index (χ0v) is 15.6. The topological polar surface area (TPSA) is 64.1 Å². The van der Waals surface area contributed by atoms with E-state index in [-0.39, 0.29) is 11.1 Å². The van der Waals surface area contributed by atoms with Crippen LogP contribution < -0.4 is 16.8 Å². The summed E-state index contributed by atoms with van der Waals surface area (Å²) >= 11 is 0. The predicted molar refractivity (Wildman–Crippen MR) is 98.0 cm³/mol. The van der Waals surface area contributed by atoms with Crippen LogP contribution in [0.3, 0.4) is 0 Å².